The highest BCUT2D eigenvalue weighted by molar-refractivity contribution is 5.09. The second kappa shape index (κ2) is 5.82. The molecule has 0 aromatic carbocycles. The molecule has 0 spiro atoms. The summed E-state index contributed by atoms with van der Waals surface area (Å²) >= 11 is 0. The number of rotatable bonds is 6. The van der Waals surface area contributed by atoms with Gasteiger partial charge in [-0.15, -0.1) is 0 Å². The number of nitrogens with zero attached hydrogens (tertiary/aromatic N) is 4. The van der Waals surface area contributed by atoms with Crippen molar-refractivity contribution in [3.63, 3.8) is 0 Å². The fourth-order valence-corrected chi connectivity index (χ4v) is 1.97. The lowest BCUT2D eigenvalue weighted by Crippen LogP contribution is -2.17. The predicted molar refractivity (Wildman–Crippen MR) is 71.3 cm³/mol. The monoisotopic (exact) mass is 247 g/mol. The van der Waals surface area contributed by atoms with Crippen LogP contribution in [0.5, 0.6) is 0 Å². The highest BCUT2D eigenvalue weighted by Gasteiger charge is 2.08. The number of aryl methyl sites for hydroxylation is 2. The van der Waals surface area contributed by atoms with Gasteiger partial charge in [0.15, 0.2) is 0 Å². The van der Waals surface area contributed by atoms with Gasteiger partial charge in [-0.25, -0.2) is 4.98 Å². The lowest BCUT2D eigenvalue weighted by atomic mass is 10.3. The number of aromatic nitrogens is 4. The zero-order valence-electron chi connectivity index (χ0n) is 11.3. The number of nitrogens with one attached hydrogen (secondary N) is 1. The van der Waals surface area contributed by atoms with Gasteiger partial charge in [-0.1, -0.05) is 6.92 Å². The normalized spacial score (nSPS) is 11.1. The van der Waals surface area contributed by atoms with E-state index in [1.165, 1.54) is 5.69 Å². The Hall–Kier alpha value is -1.62. The van der Waals surface area contributed by atoms with Crippen molar-refractivity contribution < 1.29 is 0 Å². The van der Waals surface area contributed by atoms with E-state index in [4.69, 9.17) is 0 Å². The quantitative estimate of drug-likeness (QED) is 0.786. The summed E-state index contributed by atoms with van der Waals surface area (Å²) in [5, 5.41) is 7.82. The summed E-state index contributed by atoms with van der Waals surface area (Å²) in [6.45, 7) is 6.89. The van der Waals surface area contributed by atoms with E-state index in [1.54, 1.807) is 0 Å². The van der Waals surface area contributed by atoms with Crippen molar-refractivity contribution in [3.05, 3.63) is 35.7 Å². The molecule has 0 aliphatic rings. The first-order valence-electron chi connectivity index (χ1n) is 6.41. The molecule has 2 aromatic rings. The third kappa shape index (κ3) is 2.98. The summed E-state index contributed by atoms with van der Waals surface area (Å²) in [5.74, 6) is 1.04. The largest absolute Gasteiger partial charge is 0.325 e. The first-order valence-corrected chi connectivity index (χ1v) is 6.41. The van der Waals surface area contributed by atoms with Crippen molar-refractivity contribution in [2.24, 2.45) is 7.05 Å². The zero-order chi connectivity index (χ0) is 13.0. The maximum absolute atomic E-state index is 4.41. The summed E-state index contributed by atoms with van der Waals surface area (Å²) in [6.07, 6.45) is 5.06. The Morgan fingerprint density at radius 3 is 2.89 bits per heavy atom. The van der Waals surface area contributed by atoms with E-state index in [0.29, 0.717) is 0 Å². The van der Waals surface area contributed by atoms with Crippen molar-refractivity contribution >= 4 is 0 Å². The van der Waals surface area contributed by atoms with Gasteiger partial charge in [0, 0.05) is 26.0 Å². The molecular weight excluding hydrogens is 226 g/mol. The molecule has 0 aliphatic carbocycles. The second-order valence-electron chi connectivity index (χ2n) is 4.54. The Balaban J connectivity index is 2.08. The molecule has 0 unspecified atom stereocenters. The number of hydrogen-bond acceptors (Lipinski definition) is 3. The van der Waals surface area contributed by atoms with Crippen LogP contribution in [0.4, 0.5) is 0 Å². The summed E-state index contributed by atoms with van der Waals surface area (Å²) in [5.41, 5.74) is 2.28. The van der Waals surface area contributed by atoms with Crippen molar-refractivity contribution in [1.82, 2.24) is 24.6 Å². The van der Waals surface area contributed by atoms with Crippen molar-refractivity contribution in [2.75, 3.05) is 6.54 Å². The maximum atomic E-state index is 4.41. The van der Waals surface area contributed by atoms with Gasteiger partial charge in [0.05, 0.1) is 17.9 Å². The first-order chi connectivity index (χ1) is 8.70. The van der Waals surface area contributed by atoms with Crippen molar-refractivity contribution in [1.29, 1.82) is 0 Å². The van der Waals surface area contributed by atoms with Gasteiger partial charge in [-0.05, 0) is 26.0 Å². The second-order valence-corrected chi connectivity index (χ2v) is 4.54. The molecule has 0 amide bonds. The molecule has 5 heteroatoms. The van der Waals surface area contributed by atoms with Crippen molar-refractivity contribution in [3.8, 4) is 0 Å². The van der Waals surface area contributed by atoms with E-state index < -0.39 is 0 Å². The van der Waals surface area contributed by atoms with Crippen LogP contribution in [0.15, 0.2) is 18.5 Å². The first kappa shape index (κ1) is 12.8. The molecule has 2 rings (SSSR count). The summed E-state index contributed by atoms with van der Waals surface area (Å²) in [6, 6.07) is 2.04. The maximum Gasteiger partial charge on any atom is 0.106 e. The summed E-state index contributed by atoms with van der Waals surface area (Å²) < 4.78 is 4.04. The van der Waals surface area contributed by atoms with E-state index >= 15 is 0 Å². The molecule has 5 nitrogen and oxygen atoms in total. The molecule has 2 aromatic heterocycles. The van der Waals surface area contributed by atoms with Crippen LogP contribution in [0.1, 0.15) is 30.6 Å². The Morgan fingerprint density at radius 1 is 1.39 bits per heavy atom. The van der Waals surface area contributed by atoms with Gasteiger partial charge in [-0.2, -0.15) is 5.10 Å². The summed E-state index contributed by atoms with van der Waals surface area (Å²) in [7, 11) is 1.94. The van der Waals surface area contributed by atoms with Crippen molar-refractivity contribution in [2.45, 2.75) is 33.4 Å². The van der Waals surface area contributed by atoms with E-state index in [9.17, 15) is 0 Å². The molecule has 1 N–H and O–H groups in total. The Kier molecular flexibility index (Phi) is 4.15. The Labute approximate surface area is 108 Å². The fraction of sp³-hybridized carbons (Fsp3) is 0.538. The molecular formula is C13H21N5. The third-order valence-corrected chi connectivity index (χ3v) is 2.96. The van der Waals surface area contributed by atoms with Crippen LogP contribution in [0.3, 0.4) is 0 Å². The minimum Gasteiger partial charge on any atom is -0.325 e. The van der Waals surface area contributed by atoms with Crippen LogP contribution in [0, 0.1) is 6.92 Å². The van der Waals surface area contributed by atoms with Crippen LogP contribution >= 0.6 is 0 Å². The molecule has 0 atom stereocenters. The van der Waals surface area contributed by atoms with Gasteiger partial charge in [0.25, 0.3) is 0 Å². The van der Waals surface area contributed by atoms with Gasteiger partial charge < -0.3 is 9.88 Å². The van der Waals surface area contributed by atoms with Crippen LogP contribution in [-0.4, -0.2) is 25.9 Å². The van der Waals surface area contributed by atoms with Crippen LogP contribution < -0.4 is 5.32 Å². The standard InChI is InChI=1S/C13H21N5/c1-4-6-14-8-13-9-15-11(2)18(13)10-12-5-7-17(3)16-12/h5,7,9,14H,4,6,8,10H2,1-3H3. The molecule has 0 saturated heterocycles. The smallest absolute Gasteiger partial charge is 0.106 e. The summed E-state index contributed by atoms with van der Waals surface area (Å²) in [4.78, 5) is 4.39. The minimum atomic E-state index is 0.788. The van der Waals surface area contributed by atoms with E-state index in [0.717, 1.165) is 37.6 Å². The lowest BCUT2D eigenvalue weighted by molar-refractivity contribution is 0.614. The molecule has 0 aliphatic heterocycles. The molecule has 0 fully saturated rings. The van der Waals surface area contributed by atoms with E-state index in [1.807, 2.05) is 37.1 Å². The third-order valence-electron chi connectivity index (χ3n) is 2.96. The predicted octanol–water partition coefficient (Wildman–Crippen LogP) is 1.47. The molecule has 2 heterocycles. The average molecular weight is 247 g/mol. The fourth-order valence-electron chi connectivity index (χ4n) is 1.97. The number of hydrogen-bond donors (Lipinski definition) is 1. The average Bonchev–Trinajstić information content (AvgIpc) is 2.90. The Bertz CT molecular complexity index is 497. The van der Waals surface area contributed by atoms with Crippen LogP contribution in [0.25, 0.3) is 0 Å². The number of imidazole rings is 1. The van der Waals surface area contributed by atoms with Gasteiger partial charge in [0.2, 0.25) is 0 Å². The van der Waals surface area contributed by atoms with Crippen LogP contribution in [0.2, 0.25) is 0 Å². The SMILES string of the molecule is CCCNCc1cnc(C)n1Cc1ccn(C)n1. The van der Waals surface area contributed by atoms with E-state index in [-0.39, 0.29) is 0 Å². The molecule has 0 bridgehead atoms. The lowest BCUT2D eigenvalue weighted by Gasteiger charge is -2.09. The molecule has 18 heavy (non-hydrogen) atoms. The van der Waals surface area contributed by atoms with Gasteiger partial charge in [-0.3, -0.25) is 4.68 Å². The zero-order valence-corrected chi connectivity index (χ0v) is 11.3. The molecule has 98 valence electrons. The minimum absolute atomic E-state index is 0.788. The molecule has 0 saturated carbocycles. The van der Waals surface area contributed by atoms with Crippen LogP contribution in [-0.2, 0) is 20.1 Å². The van der Waals surface area contributed by atoms with Gasteiger partial charge >= 0.3 is 0 Å². The van der Waals surface area contributed by atoms with E-state index in [2.05, 4.69) is 26.9 Å². The highest BCUT2D eigenvalue weighted by atomic mass is 15.3. The molecule has 0 radical (unpaired) electrons. The highest BCUT2D eigenvalue weighted by Crippen LogP contribution is 2.08. The topological polar surface area (TPSA) is 47.7 Å². The van der Waals surface area contributed by atoms with Gasteiger partial charge in [0.1, 0.15) is 5.82 Å². The Morgan fingerprint density at radius 2 is 2.22 bits per heavy atom.